The van der Waals surface area contributed by atoms with Crippen LogP contribution in [0.4, 0.5) is 0 Å². The van der Waals surface area contributed by atoms with Crippen molar-refractivity contribution in [2.75, 3.05) is 40.6 Å². The number of rotatable bonds is 6. The van der Waals surface area contributed by atoms with E-state index in [-0.39, 0.29) is 42.9 Å². The Morgan fingerprint density at radius 2 is 1.31 bits per heavy atom. The monoisotopic (exact) mass is 432 g/mol. The number of carbonyl (C=O) groups excluding carboxylic acids is 3. The van der Waals surface area contributed by atoms with Crippen molar-refractivity contribution in [2.45, 2.75) is 68.8 Å². The Kier molecular flexibility index (Phi) is 37.6. The third kappa shape index (κ3) is 24.2. The number of methoxy groups -OCH3 is 2. The van der Waals surface area contributed by atoms with Crippen molar-refractivity contribution in [3.8, 4) is 0 Å². The van der Waals surface area contributed by atoms with E-state index in [9.17, 15) is 14.4 Å². The molecule has 0 aromatic carbocycles. The molecule has 0 aromatic heterocycles. The van der Waals surface area contributed by atoms with E-state index in [0.717, 1.165) is 0 Å². The van der Waals surface area contributed by atoms with E-state index >= 15 is 0 Å². The minimum atomic E-state index is -1.04. The summed E-state index contributed by atoms with van der Waals surface area (Å²) < 4.78 is 22.8. The molecular weight excluding hydrogens is 388 g/mol. The summed E-state index contributed by atoms with van der Waals surface area (Å²) in [5.41, 5.74) is 0. The summed E-state index contributed by atoms with van der Waals surface area (Å²) in [4.78, 5) is 31.8. The fraction of sp³-hybridized carbons (Fsp3) is 0.842. The minimum Gasteiger partial charge on any atom is -0.461 e. The first-order chi connectivity index (χ1) is 11.7. The molecule has 1 aliphatic rings. The smallest absolute Gasteiger partial charge is 0.347 e. The van der Waals surface area contributed by atoms with Crippen LogP contribution >= 0.6 is 0 Å². The van der Waals surface area contributed by atoms with E-state index in [1.165, 1.54) is 27.9 Å². The molecule has 0 saturated carbocycles. The zero-order valence-electron chi connectivity index (χ0n) is 15.2. The number of hydrogen-bond acceptors (Lipinski definition) is 10. The van der Waals surface area contributed by atoms with Crippen LogP contribution in [0.1, 0.15) is 50.5 Å². The molecule has 1 fully saturated rings. The molecule has 1 heterocycles. The second kappa shape index (κ2) is 26.2. The summed E-state index contributed by atoms with van der Waals surface area (Å²) in [6.07, 6.45) is -2.54. The molecule has 1 saturated heterocycles. The Hall–Kier alpha value is -1.75. The number of aliphatic hydroxyl groups excluding tert-OH is 2. The van der Waals surface area contributed by atoms with Crippen molar-refractivity contribution in [3.05, 3.63) is 0 Å². The van der Waals surface area contributed by atoms with Gasteiger partial charge in [0.2, 0.25) is 0 Å². The van der Waals surface area contributed by atoms with Gasteiger partial charge in [0.25, 0.3) is 0 Å². The SMILES string of the molecule is C.C.C.C.CC1OC(=O)C(C)OC1=O.COCCO.COCCOC(=O)C(C)O. The summed E-state index contributed by atoms with van der Waals surface area (Å²) in [7, 11) is 3.06. The van der Waals surface area contributed by atoms with E-state index in [1.54, 1.807) is 7.11 Å². The zero-order valence-corrected chi connectivity index (χ0v) is 15.2. The van der Waals surface area contributed by atoms with Crippen LogP contribution in [0.15, 0.2) is 0 Å². The summed E-state index contributed by atoms with van der Waals surface area (Å²) in [6, 6.07) is 0. The third-order valence-corrected chi connectivity index (χ3v) is 2.42. The lowest BCUT2D eigenvalue weighted by Crippen LogP contribution is -2.40. The lowest BCUT2D eigenvalue weighted by atomic mass is 10.3. The Morgan fingerprint density at radius 3 is 1.55 bits per heavy atom. The highest BCUT2D eigenvalue weighted by molar-refractivity contribution is 5.86. The van der Waals surface area contributed by atoms with Gasteiger partial charge in [0.1, 0.15) is 12.7 Å². The largest absolute Gasteiger partial charge is 0.461 e. The van der Waals surface area contributed by atoms with Crippen LogP contribution < -0.4 is 0 Å². The Morgan fingerprint density at radius 1 is 0.931 bits per heavy atom. The predicted octanol–water partition coefficient (Wildman–Crippen LogP) is 1.59. The molecule has 2 N–H and O–H groups in total. The fourth-order valence-electron chi connectivity index (χ4n) is 1.07. The maximum absolute atomic E-state index is 10.7. The molecule has 1 rings (SSSR count). The molecule has 0 amide bonds. The molecule has 29 heavy (non-hydrogen) atoms. The van der Waals surface area contributed by atoms with Gasteiger partial charge in [0, 0.05) is 14.2 Å². The van der Waals surface area contributed by atoms with Gasteiger partial charge in [-0.1, -0.05) is 29.7 Å². The molecule has 0 aliphatic carbocycles. The van der Waals surface area contributed by atoms with Crippen LogP contribution in [0, 0.1) is 0 Å². The van der Waals surface area contributed by atoms with E-state index < -0.39 is 36.2 Å². The number of cyclic esters (lactones) is 2. The van der Waals surface area contributed by atoms with Crippen molar-refractivity contribution in [1.29, 1.82) is 0 Å². The van der Waals surface area contributed by atoms with E-state index in [1.807, 2.05) is 0 Å². The summed E-state index contributed by atoms with van der Waals surface area (Å²) in [6.45, 7) is 5.43. The van der Waals surface area contributed by atoms with Crippen LogP contribution in [0.2, 0.25) is 0 Å². The van der Waals surface area contributed by atoms with Gasteiger partial charge in [-0.2, -0.15) is 0 Å². The number of ether oxygens (including phenoxy) is 5. The van der Waals surface area contributed by atoms with Gasteiger partial charge in [0.05, 0.1) is 19.8 Å². The lowest BCUT2D eigenvalue weighted by Gasteiger charge is -2.22. The second-order valence-corrected chi connectivity index (χ2v) is 4.71. The molecule has 3 atom stereocenters. The second-order valence-electron chi connectivity index (χ2n) is 4.71. The maximum Gasteiger partial charge on any atom is 0.347 e. The first-order valence-electron chi connectivity index (χ1n) is 7.55. The highest BCUT2D eigenvalue weighted by Crippen LogP contribution is 2.08. The van der Waals surface area contributed by atoms with Crippen LogP contribution in [0.3, 0.4) is 0 Å². The van der Waals surface area contributed by atoms with Gasteiger partial charge in [-0.3, -0.25) is 0 Å². The molecule has 10 nitrogen and oxygen atoms in total. The molecule has 0 bridgehead atoms. The van der Waals surface area contributed by atoms with Crippen molar-refractivity contribution in [3.63, 3.8) is 0 Å². The van der Waals surface area contributed by atoms with Crippen molar-refractivity contribution < 1.29 is 48.3 Å². The van der Waals surface area contributed by atoms with Gasteiger partial charge in [0.15, 0.2) is 12.2 Å². The standard InChI is InChI=1S/C6H8O4.C6H12O4.C3H8O2.4CH4/c1-3-5(7)10-4(2)6(8)9-3;1-5(7)6(8)10-4-3-9-2;1-5-3-2-4;;;;/h3-4H,1-2H3;5,7H,3-4H2,1-2H3;4H,2-3H2,1H3;4*1H4. The van der Waals surface area contributed by atoms with Gasteiger partial charge < -0.3 is 33.9 Å². The molecule has 10 heteroatoms. The van der Waals surface area contributed by atoms with Crippen LogP contribution in [-0.4, -0.2) is 87.1 Å². The molecule has 180 valence electrons. The van der Waals surface area contributed by atoms with Crippen molar-refractivity contribution in [1.82, 2.24) is 0 Å². The highest BCUT2D eigenvalue weighted by atomic mass is 16.6. The first-order valence-corrected chi connectivity index (χ1v) is 7.55. The van der Waals surface area contributed by atoms with E-state index in [4.69, 9.17) is 10.2 Å². The highest BCUT2D eigenvalue weighted by Gasteiger charge is 2.32. The van der Waals surface area contributed by atoms with E-state index in [2.05, 4.69) is 23.7 Å². The Bertz CT molecular complexity index is 363. The normalized spacial score (nSPS) is 17.2. The zero-order chi connectivity index (χ0) is 19.8. The maximum atomic E-state index is 10.7. The molecule has 3 unspecified atom stereocenters. The number of aliphatic hydroxyl groups is 2. The molecule has 1 aliphatic heterocycles. The van der Waals surface area contributed by atoms with Crippen molar-refractivity contribution >= 4 is 17.9 Å². The van der Waals surface area contributed by atoms with Gasteiger partial charge in [-0.25, -0.2) is 14.4 Å². The van der Waals surface area contributed by atoms with Crippen LogP contribution in [-0.2, 0) is 38.1 Å². The third-order valence-electron chi connectivity index (χ3n) is 2.42. The molecule has 0 radical (unpaired) electrons. The fourth-order valence-corrected chi connectivity index (χ4v) is 1.07. The van der Waals surface area contributed by atoms with E-state index in [0.29, 0.717) is 13.2 Å². The van der Waals surface area contributed by atoms with Crippen LogP contribution in [0.5, 0.6) is 0 Å². The summed E-state index contributed by atoms with van der Waals surface area (Å²) >= 11 is 0. The molecule has 0 aromatic rings. The number of carbonyl (C=O) groups is 3. The van der Waals surface area contributed by atoms with Gasteiger partial charge >= 0.3 is 17.9 Å². The lowest BCUT2D eigenvalue weighted by molar-refractivity contribution is -0.191. The number of hydrogen-bond donors (Lipinski definition) is 2. The van der Waals surface area contributed by atoms with Gasteiger partial charge in [-0.05, 0) is 20.8 Å². The Balaban J connectivity index is -0.0000000671. The summed E-state index contributed by atoms with van der Waals surface area (Å²) in [5.74, 6) is -1.57. The minimum absolute atomic E-state index is 0. The van der Waals surface area contributed by atoms with Crippen molar-refractivity contribution in [2.24, 2.45) is 0 Å². The molecular formula is C19H44O10. The Labute approximate surface area is 176 Å². The predicted molar refractivity (Wildman–Crippen MR) is 112 cm³/mol. The van der Waals surface area contributed by atoms with Crippen LogP contribution in [0.25, 0.3) is 0 Å². The number of esters is 3. The summed E-state index contributed by atoms with van der Waals surface area (Å²) in [5, 5.41) is 16.5. The topological polar surface area (TPSA) is 138 Å². The van der Waals surface area contributed by atoms with Gasteiger partial charge in [-0.15, -0.1) is 0 Å². The average Bonchev–Trinajstić information content (AvgIpc) is 2.55. The molecule has 0 spiro atoms. The average molecular weight is 433 g/mol. The first kappa shape index (κ1) is 41.6. The quantitative estimate of drug-likeness (QED) is 0.361.